The Hall–Kier alpha value is -1.85. The number of rotatable bonds is 7. The zero-order valence-corrected chi connectivity index (χ0v) is 11.8. The summed E-state index contributed by atoms with van der Waals surface area (Å²) in [6.45, 7) is 4.07. The van der Waals surface area contributed by atoms with Crippen molar-refractivity contribution in [2.24, 2.45) is 11.8 Å². The molecular formula is C14H21N3O3. The summed E-state index contributed by atoms with van der Waals surface area (Å²) < 4.78 is 0. The Balaban J connectivity index is 1.87. The highest BCUT2D eigenvalue weighted by Gasteiger charge is 2.27. The van der Waals surface area contributed by atoms with Crippen LogP contribution in [0.2, 0.25) is 0 Å². The molecule has 0 radical (unpaired) electrons. The standard InChI is InChI=1S/C14H21N3O3/c1-8(2)5-10(14(19)20)7-15-13(18)12-6-11(16-17-12)9-3-4-9/h6,8-10H,3-5,7H2,1-2H3,(H,15,18)(H,16,17)(H,19,20). The highest BCUT2D eigenvalue weighted by molar-refractivity contribution is 5.92. The molecule has 0 aromatic carbocycles. The summed E-state index contributed by atoms with van der Waals surface area (Å²) >= 11 is 0. The lowest BCUT2D eigenvalue weighted by Crippen LogP contribution is -2.33. The maximum atomic E-state index is 11.9. The van der Waals surface area contributed by atoms with Crippen molar-refractivity contribution in [3.05, 3.63) is 17.5 Å². The van der Waals surface area contributed by atoms with Gasteiger partial charge in [0.05, 0.1) is 5.92 Å². The van der Waals surface area contributed by atoms with E-state index < -0.39 is 11.9 Å². The van der Waals surface area contributed by atoms with Crippen LogP contribution in [0.4, 0.5) is 0 Å². The molecule has 2 rings (SSSR count). The van der Waals surface area contributed by atoms with E-state index in [9.17, 15) is 9.59 Å². The molecule has 1 aliphatic carbocycles. The van der Waals surface area contributed by atoms with Crippen molar-refractivity contribution in [1.82, 2.24) is 15.5 Å². The molecule has 1 fully saturated rings. The lowest BCUT2D eigenvalue weighted by atomic mass is 9.97. The van der Waals surface area contributed by atoms with Crippen LogP contribution in [0.5, 0.6) is 0 Å². The summed E-state index contributed by atoms with van der Waals surface area (Å²) in [6, 6.07) is 1.76. The van der Waals surface area contributed by atoms with Crippen LogP contribution in [0.25, 0.3) is 0 Å². The van der Waals surface area contributed by atoms with Crippen LogP contribution in [0, 0.1) is 11.8 Å². The molecule has 110 valence electrons. The van der Waals surface area contributed by atoms with Gasteiger partial charge in [-0.25, -0.2) is 0 Å². The van der Waals surface area contributed by atoms with Crippen LogP contribution in [0.15, 0.2) is 6.07 Å². The van der Waals surface area contributed by atoms with Gasteiger partial charge in [-0.15, -0.1) is 0 Å². The molecule has 6 heteroatoms. The lowest BCUT2D eigenvalue weighted by Gasteiger charge is -2.14. The van der Waals surface area contributed by atoms with Gasteiger partial charge in [0.2, 0.25) is 0 Å². The maximum absolute atomic E-state index is 11.9. The van der Waals surface area contributed by atoms with Crippen molar-refractivity contribution in [2.75, 3.05) is 6.54 Å². The number of aliphatic carboxylic acids is 1. The number of hydrogen-bond acceptors (Lipinski definition) is 3. The molecule has 0 saturated heterocycles. The average molecular weight is 279 g/mol. The quantitative estimate of drug-likeness (QED) is 0.708. The van der Waals surface area contributed by atoms with Crippen molar-refractivity contribution in [2.45, 2.75) is 39.0 Å². The third-order valence-corrected chi connectivity index (χ3v) is 3.46. The third kappa shape index (κ3) is 3.82. The monoisotopic (exact) mass is 279 g/mol. The van der Waals surface area contributed by atoms with E-state index in [4.69, 9.17) is 5.11 Å². The second kappa shape index (κ2) is 6.07. The van der Waals surface area contributed by atoms with Crippen molar-refractivity contribution in [3.8, 4) is 0 Å². The minimum Gasteiger partial charge on any atom is -0.481 e. The molecule has 20 heavy (non-hydrogen) atoms. The van der Waals surface area contributed by atoms with Crippen molar-refractivity contribution in [3.63, 3.8) is 0 Å². The van der Waals surface area contributed by atoms with E-state index in [1.54, 1.807) is 6.07 Å². The van der Waals surface area contributed by atoms with Gasteiger partial charge >= 0.3 is 5.97 Å². The zero-order valence-electron chi connectivity index (χ0n) is 11.8. The second-order valence-electron chi connectivity index (χ2n) is 5.86. The van der Waals surface area contributed by atoms with Gasteiger partial charge in [0, 0.05) is 18.2 Å². The van der Waals surface area contributed by atoms with E-state index in [0.717, 1.165) is 18.5 Å². The number of nitrogens with one attached hydrogen (secondary N) is 2. The van der Waals surface area contributed by atoms with Gasteiger partial charge in [-0.3, -0.25) is 14.7 Å². The second-order valence-corrected chi connectivity index (χ2v) is 5.86. The highest BCUT2D eigenvalue weighted by Crippen LogP contribution is 2.38. The van der Waals surface area contributed by atoms with Crippen LogP contribution in [0.3, 0.4) is 0 Å². The molecule has 1 amide bonds. The van der Waals surface area contributed by atoms with E-state index in [0.29, 0.717) is 18.0 Å². The first-order valence-electron chi connectivity index (χ1n) is 7.03. The highest BCUT2D eigenvalue weighted by atomic mass is 16.4. The normalized spacial score (nSPS) is 16.1. The smallest absolute Gasteiger partial charge is 0.308 e. The molecule has 0 aliphatic heterocycles. The Kier molecular flexibility index (Phi) is 4.42. The minimum atomic E-state index is -0.875. The molecule has 1 heterocycles. The fraction of sp³-hybridized carbons (Fsp3) is 0.643. The summed E-state index contributed by atoms with van der Waals surface area (Å²) in [6.07, 6.45) is 2.82. The van der Waals surface area contributed by atoms with E-state index >= 15 is 0 Å². The van der Waals surface area contributed by atoms with Gasteiger partial charge in [-0.1, -0.05) is 13.8 Å². The number of carbonyl (C=O) groups excluding carboxylic acids is 1. The van der Waals surface area contributed by atoms with Gasteiger partial charge in [0.25, 0.3) is 5.91 Å². The predicted molar refractivity (Wildman–Crippen MR) is 73.5 cm³/mol. The number of carbonyl (C=O) groups is 2. The molecule has 1 aliphatic rings. The number of carboxylic acid groups (broad SMARTS) is 1. The van der Waals surface area contributed by atoms with E-state index in [1.807, 2.05) is 13.8 Å². The van der Waals surface area contributed by atoms with Gasteiger partial charge in [0.1, 0.15) is 5.69 Å². The molecule has 1 saturated carbocycles. The number of amides is 1. The van der Waals surface area contributed by atoms with Gasteiger partial charge in [-0.05, 0) is 31.2 Å². The molecule has 3 N–H and O–H groups in total. The molecule has 1 aromatic rings. The zero-order chi connectivity index (χ0) is 14.7. The number of aromatic amines is 1. The SMILES string of the molecule is CC(C)CC(CNC(=O)c1cc(C2CC2)[nH]n1)C(=O)O. The number of aromatic nitrogens is 2. The first-order valence-corrected chi connectivity index (χ1v) is 7.03. The van der Waals surface area contributed by atoms with Crippen molar-refractivity contribution >= 4 is 11.9 Å². The fourth-order valence-corrected chi connectivity index (χ4v) is 2.20. The molecule has 0 spiro atoms. The van der Waals surface area contributed by atoms with E-state index in [2.05, 4.69) is 15.5 Å². The number of hydrogen-bond donors (Lipinski definition) is 3. The molecule has 6 nitrogen and oxygen atoms in total. The summed E-state index contributed by atoms with van der Waals surface area (Å²) in [5, 5.41) is 18.6. The Morgan fingerprint density at radius 1 is 1.50 bits per heavy atom. The summed E-state index contributed by atoms with van der Waals surface area (Å²) in [5.74, 6) is -0.958. The molecule has 0 bridgehead atoms. The Morgan fingerprint density at radius 3 is 2.75 bits per heavy atom. The van der Waals surface area contributed by atoms with Crippen LogP contribution in [-0.4, -0.2) is 33.7 Å². The van der Waals surface area contributed by atoms with Crippen LogP contribution in [-0.2, 0) is 4.79 Å². The number of H-pyrrole nitrogens is 1. The molecule has 1 unspecified atom stereocenters. The lowest BCUT2D eigenvalue weighted by molar-refractivity contribution is -0.142. The Morgan fingerprint density at radius 2 is 2.20 bits per heavy atom. The Labute approximate surface area is 118 Å². The first-order chi connectivity index (χ1) is 9.47. The van der Waals surface area contributed by atoms with E-state index in [-0.39, 0.29) is 18.4 Å². The van der Waals surface area contributed by atoms with Crippen molar-refractivity contribution in [1.29, 1.82) is 0 Å². The fourth-order valence-electron chi connectivity index (χ4n) is 2.20. The maximum Gasteiger partial charge on any atom is 0.308 e. The molecule has 1 atom stereocenters. The average Bonchev–Trinajstić information content (AvgIpc) is 3.11. The summed E-state index contributed by atoms with van der Waals surface area (Å²) in [4.78, 5) is 23.0. The van der Waals surface area contributed by atoms with Crippen LogP contribution < -0.4 is 5.32 Å². The predicted octanol–water partition coefficient (Wildman–Crippen LogP) is 1.76. The minimum absolute atomic E-state index is 0.137. The molecular weight excluding hydrogens is 258 g/mol. The van der Waals surface area contributed by atoms with Crippen LogP contribution >= 0.6 is 0 Å². The summed E-state index contributed by atoms with van der Waals surface area (Å²) in [5.41, 5.74) is 1.33. The largest absolute Gasteiger partial charge is 0.481 e. The number of carboxylic acids is 1. The van der Waals surface area contributed by atoms with Crippen LogP contribution in [0.1, 0.15) is 55.2 Å². The topological polar surface area (TPSA) is 95.1 Å². The summed E-state index contributed by atoms with van der Waals surface area (Å²) in [7, 11) is 0. The Bertz CT molecular complexity index is 492. The van der Waals surface area contributed by atoms with Gasteiger partial charge < -0.3 is 10.4 Å². The van der Waals surface area contributed by atoms with Crippen molar-refractivity contribution < 1.29 is 14.7 Å². The molecule has 1 aromatic heterocycles. The first kappa shape index (κ1) is 14.6. The third-order valence-electron chi connectivity index (χ3n) is 3.46. The van der Waals surface area contributed by atoms with E-state index in [1.165, 1.54) is 0 Å². The number of nitrogens with zero attached hydrogens (tertiary/aromatic N) is 1. The van der Waals surface area contributed by atoms with Gasteiger partial charge in [0.15, 0.2) is 0 Å². The van der Waals surface area contributed by atoms with Gasteiger partial charge in [-0.2, -0.15) is 5.10 Å².